The van der Waals surface area contributed by atoms with Gasteiger partial charge in [0.1, 0.15) is 0 Å². The maximum absolute atomic E-state index is 12.4. The van der Waals surface area contributed by atoms with Crippen LogP contribution in [0, 0.1) is 17.2 Å². The van der Waals surface area contributed by atoms with Crippen LogP contribution in [0.1, 0.15) is 44.7 Å². The van der Waals surface area contributed by atoms with Crippen LogP contribution in [0.5, 0.6) is 0 Å². The summed E-state index contributed by atoms with van der Waals surface area (Å²) in [5.41, 5.74) is 1.75. The van der Waals surface area contributed by atoms with Gasteiger partial charge in [-0.3, -0.25) is 0 Å². The van der Waals surface area contributed by atoms with Gasteiger partial charge in [-0.1, -0.05) is 25.5 Å². The van der Waals surface area contributed by atoms with Gasteiger partial charge in [0.05, 0.1) is 16.9 Å². The van der Waals surface area contributed by atoms with E-state index in [2.05, 4.69) is 18.3 Å². The quantitative estimate of drug-likeness (QED) is 0.856. The minimum Gasteiger partial charge on any atom is -0.310 e. The second kappa shape index (κ2) is 8.11. The first-order valence-electron chi connectivity index (χ1n) is 8.59. The largest absolute Gasteiger partial charge is 0.310 e. The van der Waals surface area contributed by atoms with Gasteiger partial charge in [0.25, 0.3) is 0 Å². The van der Waals surface area contributed by atoms with E-state index < -0.39 is 10.0 Å². The van der Waals surface area contributed by atoms with Crippen molar-refractivity contribution in [3.8, 4) is 6.07 Å². The number of hydrogen-bond donors (Lipinski definition) is 1. The maximum Gasteiger partial charge on any atom is 0.216 e. The van der Waals surface area contributed by atoms with E-state index in [1.54, 1.807) is 24.2 Å². The van der Waals surface area contributed by atoms with Crippen LogP contribution < -0.4 is 5.32 Å². The third-order valence-electron chi connectivity index (χ3n) is 4.80. The van der Waals surface area contributed by atoms with Crippen molar-refractivity contribution >= 4 is 10.0 Å². The number of nitrogens with one attached hydrogen (secondary N) is 1. The minimum atomic E-state index is -3.17. The van der Waals surface area contributed by atoms with Gasteiger partial charge in [-0.15, -0.1) is 0 Å². The van der Waals surface area contributed by atoms with Crippen LogP contribution in [-0.4, -0.2) is 37.1 Å². The zero-order valence-electron chi connectivity index (χ0n) is 14.7. The summed E-state index contributed by atoms with van der Waals surface area (Å²) >= 11 is 0. The lowest BCUT2D eigenvalue weighted by molar-refractivity contribution is 0.200. The topological polar surface area (TPSA) is 73.2 Å². The average Bonchev–Trinajstić information content (AvgIpc) is 2.59. The number of rotatable bonds is 6. The second-order valence-corrected chi connectivity index (χ2v) is 9.20. The fraction of sp³-hybridized carbons (Fsp3) is 0.611. The molecule has 132 valence electrons. The first kappa shape index (κ1) is 18.9. The molecule has 1 saturated heterocycles. The Morgan fingerprint density at radius 1 is 1.42 bits per heavy atom. The number of nitrogens with zero attached hydrogens (tertiary/aromatic N) is 2. The summed E-state index contributed by atoms with van der Waals surface area (Å²) in [6, 6.07) is 10.1. The van der Waals surface area contributed by atoms with Gasteiger partial charge >= 0.3 is 0 Å². The Morgan fingerprint density at radius 3 is 2.79 bits per heavy atom. The predicted molar refractivity (Wildman–Crippen MR) is 95.8 cm³/mol. The first-order valence-corrected chi connectivity index (χ1v) is 10.1. The molecule has 1 aromatic rings. The van der Waals surface area contributed by atoms with E-state index in [4.69, 9.17) is 5.26 Å². The Balaban J connectivity index is 1.99. The van der Waals surface area contributed by atoms with E-state index in [0.29, 0.717) is 37.2 Å². The minimum absolute atomic E-state index is 0.305. The summed E-state index contributed by atoms with van der Waals surface area (Å²) in [7, 11) is -3.17. The summed E-state index contributed by atoms with van der Waals surface area (Å²) in [6.07, 6.45) is 1.77. The number of hydrogen-bond acceptors (Lipinski definition) is 4. The maximum atomic E-state index is 12.4. The second-order valence-electron chi connectivity index (χ2n) is 6.71. The van der Waals surface area contributed by atoms with Gasteiger partial charge in [0.2, 0.25) is 10.0 Å². The highest BCUT2D eigenvalue weighted by molar-refractivity contribution is 7.89. The highest BCUT2D eigenvalue weighted by Gasteiger charge is 2.34. The monoisotopic (exact) mass is 349 g/mol. The van der Waals surface area contributed by atoms with Gasteiger partial charge < -0.3 is 5.32 Å². The lowest BCUT2D eigenvalue weighted by Gasteiger charge is -2.38. The molecule has 5 nitrogen and oxygen atoms in total. The normalized spacial score (nSPS) is 22.5. The highest BCUT2D eigenvalue weighted by Crippen LogP contribution is 2.24. The standard InChI is InChI=1S/C18H27N3O2S/c1-4-17-13-21(24(22,23)14(2)3)9-8-18(17)20-12-16-7-5-6-15(10-16)11-19/h5-7,10,14,17-18,20H,4,8-9,12-13H2,1-3H3/t17-,18-/m1/s1. The number of sulfonamides is 1. The van der Waals surface area contributed by atoms with Gasteiger partial charge in [-0.25, -0.2) is 12.7 Å². The van der Waals surface area contributed by atoms with Crippen molar-refractivity contribution in [1.29, 1.82) is 5.26 Å². The molecule has 24 heavy (non-hydrogen) atoms. The van der Waals surface area contributed by atoms with Crippen molar-refractivity contribution in [1.82, 2.24) is 9.62 Å². The molecule has 1 aromatic carbocycles. The summed E-state index contributed by atoms with van der Waals surface area (Å²) in [6.45, 7) is 7.46. The summed E-state index contributed by atoms with van der Waals surface area (Å²) in [5.74, 6) is 0.312. The molecule has 2 atom stereocenters. The molecule has 1 N–H and O–H groups in total. The summed E-state index contributed by atoms with van der Waals surface area (Å²) < 4.78 is 26.4. The summed E-state index contributed by atoms with van der Waals surface area (Å²) in [5, 5.41) is 12.2. The molecule has 6 heteroatoms. The number of nitriles is 1. The van der Waals surface area contributed by atoms with Crippen molar-refractivity contribution in [2.45, 2.75) is 51.4 Å². The van der Waals surface area contributed by atoms with Crippen LogP contribution in [-0.2, 0) is 16.6 Å². The van der Waals surface area contributed by atoms with E-state index >= 15 is 0 Å². The van der Waals surface area contributed by atoms with E-state index in [-0.39, 0.29) is 5.25 Å². The molecule has 0 spiro atoms. The van der Waals surface area contributed by atoms with Crippen molar-refractivity contribution in [2.75, 3.05) is 13.1 Å². The van der Waals surface area contributed by atoms with Gasteiger partial charge in [0.15, 0.2) is 0 Å². The molecule has 1 fully saturated rings. The molecule has 1 aliphatic heterocycles. The highest BCUT2D eigenvalue weighted by atomic mass is 32.2. The molecule has 0 saturated carbocycles. The average molecular weight is 350 g/mol. The third kappa shape index (κ3) is 4.35. The Hall–Kier alpha value is -1.42. The van der Waals surface area contributed by atoms with Crippen LogP contribution in [0.25, 0.3) is 0 Å². The zero-order valence-corrected chi connectivity index (χ0v) is 15.5. The molecule has 0 bridgehead atoms. The lowest BCUT2D eigenvalue weighted by atomic mass is 9.91. The van der Waals surface area contributed by atoms with E-state index in [9.17, 15) is 8.42 Å². The van der Waals surface area contributed by atoms with Crippen LogP contribution >= 0.6 is 0 Å². The first-order chi connectivity index (χ1) is 11.4. The molecule has 0 amide bonds. The summed E-state index contributed by atoms with van der Waals surface area (Å²) in [4.78, 5) is 0. The molecule has 2 rings (SSSR count). The van der Waals surface area contributed by atoms with Crippen molar-refractivity contribution in [3.63, 3.8) is 0 Å². The Bertz CT molecular complexity index is 694. The molecule has 0 radical (unpaired) electrons. The van der Waals surface area contributed by atoms with Crippen LogP contribution in [0.2, 0.25) is 0 Å². The smallest absolute Gasteiger partial charge is 0.216 e. The van der Waals surface area contributed by atoms with Crippen molar-refractivity contribution in [2.24, 2.45) is 5.92 Å². The van der Waals surface area contributed by atoms with Gasteiger partial charge in [-0.2, -0.15) is 5.26 Å². The molecular formula is C18H27N3O2S. The number of benzene rings is 1. The van der Waals surface area contributed by atoms with Crippen molar-refractivity contribution < 1.29 is 8.42 Å². The molecule has 1 heterocycles. The van der Waals surface area contributed by atoms with Gasteiger partial charge in [0, 0.05) is 25.7 Å². The molecule has 0 aliphatic carbocycles. The van der Waals surface area contributed by atoms with Crippen LogP contribution in [0.4, 0.5) is 0 Å². The Morgan fingerprint density at radius 2 is 2.17 bits per heavy atom. The van der Waals surface area contributed by atoms with Crippen LogP contribution in [0.15, 0.2) is 24.3 Å². The number of piperidine rings is 1. The molecule has 0 unspecified atom stereocenters. The van der Waals surface area contributed by atoms with Gasteiger partial charge in [-0.05, 0) is 43.9 Å². The lowest BCUT2D eigenvalue weighted by Crippen LogP contribution is -2.51. The van der Waals surface area contributed by atoms with Crippen LogP contribution in [0.3, 0.4) is 0 Å². The Labute approximate surface area is 145 Å². The van der Waals surface area contributed by atoms with E-state index in [1.807, 2.05) is 18.2 Å². The van der Waals surface area contributed by atoms with Crippen molar-refractivity contribution in [3.05, 3.63) is 35.4 Å². The van der Waals surface area contributed by atoms with E-state index in [1.165, 1.54) is 0 Å². The molecular weight excluding hydrogens is 322 g/mol. The molecule has 0 aromatic heterocycles. The fourth-order valence-electron chi connectivity index (χ4n) is 3.21. The fourth-order valence-corrected chi connectivity index (χ4v) is 4.57. The third-order valence-corrected chi connectivity index (χ3v) is 7.04. The zero-order chi connectivity index (χ0) is 17.7. The predicted octanol–water partition coefficient (Wildman–Crippen LogP) is 2.49. The van der Waals surface area contributed by atoms with E-state index in [0.717, 1.165) is 18.4 Å². The molecule has 1 aliphatic rings. The Kier molecular flexibility index (Phi) is 6.39. The SMILES string of the molecule is CC[C@@H]1CN(S(=O)(=O)C(C)C)CC[C@H]1NCc1cccc(C#N)c1.